The number of carbonyl (C=O) groups excluding carboxylic acids is 1. The standard InChI is InChI=1S/C11H18N2O2/c1-3-8(4-2)13-7-9-5-6-10(15-9)11(12)14/h5-6,8,13H,3-4,7H2,1-2H3,(H2,12,14). The quantitative estimate of drug-likeness (QED) is 0.750. The minimum atomic E-state index is -0.524. The van der Waals surface area contributed by atoms with Gasteiger partial charge in [-0.2, -0.15) is 0 Å². The van der Waals surface area contributed by atoms with E-state index in [1.807, 2.05) is 0 Å². The van der Waals surface area contributed by atoms with Crippen molar-refractivity contribution in [3.8, 4) is 0 Å². The van der Waals surface area contributed by atoms with Gasteiger partial charge >= 0.3 is 0 Å². The van der Waals surface area contributed by atoms with Crippen LogP contribution in [0.5, 0.6) is 0 Å². The zero-order valence-corrected chi connectivity index (χ0v) is 9.25. The second-order valence-corrected chi connectivity index (χ2v) is 3.52. The summed E-state index contributed by atoms with van der Waals surface area (Å²) in [6.45, 7) is 4.91. The molecule has 3 N–H and O–H groups in total. The first-order valence-corrected chi connectivity index (χ1v) is 5.29. The van der Waals surface area contributed by atoms with Crippen LogP contribution in [-0.2, 0) is 6.54 Å². The van der Waals surface area contributed by atoms with Gasteiger partial charge in [0.2, 0.25) is 0 Å². The summed E-state index contributed by atoms with van der Waals surface area (Å²) in [5.41, 5.74) is 5.08. The third-order valence-electron chi connectivity index (χ3n) is 2.46. The molecule has 0 radical (unpaired) electrons. The van der Waals surface area contributed by atoms with Gasteiger partial charge in [-0.25, -0.2) is 0 Å². The number of rotatable bonds is 6. The van der Waals surface area contributed by atoms with Crippen molar-refractivity contribution in [2.75, 3.05) is 0 Å². The number of amides is 1. The fourth-order valence-electron chi connectivity index (χ4n) is 1.43. The molecule has 1 rings (SSSR count). The highest BCUT2D eigenvalue weighted by Gasteiger charge is 2.08. The van der Waals surface area contributed by atoms with Gasteiger partial charge in [0.05, 0.1) is 6.54 Å². The third kappa shape index (κ3) is 3.40. The van der Waals surface area contributed by atoms with Gasteiger partial charge in [0.15, 0.2) is 5.76 Å². The third-order valence-corrected chi connectivity index (χ3v) is 2.46. The molecule has 15 heavy (non-hydrogen) atoms. The van der Waals surface area contributed by atoms with Gasteiger partial charge in [-0.05, 0) is 25.0 Å². The molecule has 0 aliphatic heterocycles. The predicted molar refractivity (Wildman–Crippen MR) is 58.4 cm³/mol. The molecule has 4 heteroatoms. The Morgan fingerprint density at radius 3 is 2.60 bits per heavy atom. The van der Waals surface area contributed by atoms with Gasteiger partial charge in [-0.1, -0.05) is 13.8 Å². The Labute approximate surface area is 89.8 Å². The van der Waals surface area contributed by atoms with Crippen molar-refractivity contribution >= 4 is 5.91 Å². The van der Waals surface area contributed by atoms with Crippen LogP contribution in [0.2, 0.25) is 0 Å². The topological polar surface area (TPSA) is 68.3 Å². The monoisotopic (exact) mass is 210 g/mol. The zero-order valence-electron chi connectivity index (χ0n) is 9.25. The number of furan rings is 1. The summed E-state index contributed by atoms with van der Waals surface area (Å²) >= 11 is 0. The molecule has 0 saturated carbocycles. The lowest BCUT2D eigenvalue weighted by Gasteiger charge is -2.12. The Morgan fingerprint density at radius 1 is 1.47 bits per heavy atom. The highest BCUT2D eigenvalue weighted by atomic mass is 16.3. The molecule has 4 nitrogen and oxygen atoms in total. The van der Waals surface area contributed by atoms with E-state index in [0.29, 0.717) is 12.6 Å². The van der Waals surface area contributed by atoms with Gasteiger partial charge in [-0.15, -0.1) is 0 Å². The van der Waals surface area contributed by atoms with E-state index in [0.717, 1.165) is 18.6 Å². The normalized spacial score (nSPS) is 10.9. The molecule has 1 aromatic rings. The Balaban J connectivity index is 2.47. The molecule has 1 amide bonds. The second-order valence-electron chi connectivity index (χ2n) is 3.52. The van der Waals surface area contributed by atoms with Crippen LogP contribution < -0.4 is 11.1 Å². The van der Waals surface area contributed by atoms with Gasteiger partial charge in [0.25, 0.3) is 5.91 Å². The Bertz CT molecular complexity index is 316. The van der Waals surface area contributed by atoms with Gasteiger partial charge in [0.1, 0.15) is 5.76 Å². The van der Waals surface area contributed by atoms with Crippen molar-refractivity contribution < 1.29 is 9.21 Å². The Hall–Kier alpha value is -1.29. The SMILES string of the molecule is CCC(CC)NCc1ccc(C(N)=O)o1. The van der Waals surface area contributed by atoms with Crippen molar-refractivity contribution in [2.45, 2.75) is 39.3 Å². The van der Waals surface area contributed by atoms with Crippen LogP contribution in [0.4, 0.5) is 0 Å². The van der Waals surface area contributed by atoms with E-state index in [1.165, 1.54) is 0 Å². The molecule has 0 aromatic carbocycles. The highest BCUT2D eigenvalue weighted by molar-refractivity contribution is 5.89. The lowest BCUT2D eigenvalue weighted by atomic mass is 10.2. The van der Waals surface area contributed by atoms with Crippen LogP contribution in [0.3, 0.4) is 0 Å². The van der Waals surface area contributed by atoms with Crippen LogP contribution in [-0.4, -0.2) is 11.9 Å². The van der Waals surface area contributed by atoms with E-state index in [9.17, 15) is 4.79 Å². The summed E-state index contributed by atoms with van der Waals surface area (Å²) in [7, 11) is 0. The summed E-state index contributed by atoms with van der Waals surface area (Å²) in [6, 6.07) is 3.87. The van der Waals surface area contributed by atoms with E-state index in [2.05, 4.69) is 19.2 Å². The fraction of sp³-hybridized carbons (Fsp3) is 0.545. The van der Waals surface area contributed by atoms with Crippen LogP contribution in [0.15, 0.2) is 16.5 Å². The number of hydrogen-bond donors (Lipinski definition) is 2. The molecule has 1 heterocycles. The van der Waals surface area contributed by atoms with Crippen molar-refractivity contribution in [3.63, 3.8) is 0 Å². The van der Waals surface area contributed by atoms with E-state index in [1.54, 1.807) is 12.1 Å². The lowest BCUT2D eigenvalue weighted by molar-refractivity contribution is 0.0972. The Kier molecular flexibility index (Phi) is 4.37. The molecular weight excluding hydrogens is 192 g/mol. The van der Waals surface area contributed by atoms with Crippen LogP contribution in [0.25, 0.3) is 0 Å². The maximum absolute atomic E-state index is 10.8. The van der Waals surface area contributed by atoms with Gasteiger partial charge < -0.3 is 15.5 Å². The molecule has 84 valence electrons. The number of nitrogens with one attached hydrogen (secondary N) is 1. The fourth-order valence-corrected chi connectivity index (χ4v) is 1.43. The maximum atomic E-state index is 10.8. The first-order chi connectivity index (χ1) is 7.17. The van der Waals surface area contributed by atoms with Crippen LogP contribution >= 0.6 is 0 Å². The van der Waals surface area contributed by atoms with Gasteiger partial charge in [-0.3, -0.25) is 4.79 Å². The van der Waals surface area contributed by atoms with Crippen molar-refractivity contribution in [2.24, 2.45) is 5.73 Å². The Morgan fingerprint density at radius 2 is 2.13 bits per heavy atom. The summed E-state index contributed by atoms with van der Waals surface area (Å²) in [5.74, 6) is 0.441. The molecule has 0 unspecified atom stereocenters. The molecule has 0 saturated heterocycles. The summed E-state index contributed by atoms with van der Waals surface area (Å²) in [6.07, 6.45) is 2.17. The first-order valence-electron chi connectivity index (χ1n) is 5.29. The summed E-state index contributed by atoms with van der Waals surface area (Å²) in [4.78, 5) is 10.8. The van der Waals surface area contributed by atoms with Gasteiger partial charge in [0, 0.05) is 6.04 Å². The molecule has 0 atom stereocenters. The molecule has 0 spiro atoms. The van der Waals surface area contributed by atoms with Crippen LogP contribution in [0, 0.1) is 0 Å². The molecular formula is C11H18N2O2. The second kappa shape index (κ2) is 5.56. The highest BCUT2D eigenvalue weighted by Crippen LogP contribution is 2.07. The molecule has 0 bridgehead atoms. The molecule has 0 aliphatic rings. The molecule has 0 fully saturated rings. The van der Waals surface area contributed by atoms with E-state index < -0.39 is 5.91 Å². The van der Waals surface area contributed by atoms with Crippen LogP contribution in [0.1, 0.15) is 43.0 Å². The van der Waals surface area contributed by atoms with E-state index in [4.69, 9.17) is 10.2 Å². The van der Waals surface area contributed by atoms with Crippen molar-refractivity contribution in [1.82, 2.24) is 5.32 Å². The predicted octanol–water partition coefficient (Wildman–Crippen LogP) is 1.66. The van der Waals surface area contributed by atoms with Crippen molar-refractivity contribution in [3.05, 3.63) is 23.7 Å². The largest absolute Gasteiger partial charge is 0.455 e. The summed E-state index contributed by atoms with van der Waals surface area (Å²) < 4.78 is 5.25. The lowest BCUT2D eigenvalue weighted by Crippen LogP contribution is -2.26. The van der Waals surface area contributed by atoms with E-state index in [-0.39, 0.29) is 5.76 Å². The number of primary amides is 1. The maximum Gasteiger partial charge on any atom is 0.284 e. The van der Waals surface area contributed by atoms with E-state index >= 15 is 0 Å². The van der Waals surface area contributed by atoms with Crippen molar-refractivity contribution in [1.29, 1.82) is 0 Å². The molecule has 1 aromatic heterocycles. The summed E-state index contributed by atoms with van der Waals surface area (Å²) in [5, 5.41) is 3.34. The smallest absolute Gasteiger partial charge is 0.284 e. The minimum Gasteiger partial charge on any atom is -0.455 e. The number of hydrogen-bond acceptors (Lipinski definition) is 3. The number of nitrogens with two attached hydrogens (primary N) is 1. The average molecular weight is 210 g/mol. The average Bonchev–Trinajstić information content (AvgIpc) is 2.68. The number of carbonyl (C=O) groups is 1. The first kappa shape index (κ1) is 11.8. The molecule has 0 aliphatic carbocycles. The zero-order chi connectivity index (χ0) is 11.3. The minimum absolute atomic E-state index is 0.219.